The van der Waals surface area contributed by atoms with E-state index in [9.17, 15) is 4.79 Å². The highest BCUT2D eigenvalue weighted by Gasteiger charge is 2.07. The predicted octanol–water partition coefficient (Wildman–Crippen LogP) is -2.06. The Morgan fingerprint density at radius 2 is 1.90 bits per heavy atom. The number of hydrogen-bond acceptors (Lipinski definition) is 4. The molecule has 0 atom stereocenters. The van der Waals surface area contributed by atoms with Gasteiger partial charge in [-0.05, 0) is 0 Å². The number of carbonyl (C=O) groups excluding carboxylic acids is 1. The Morgan fingerprint density at radius 1 is 1.30 bits per heavy atom. The van der Waals surface area contributed by atoms with Crippen LogP contribution in [0.3, 0.4) is 0 Å². The molecule has 1 heterocycles. The maximum atomic E-state index is 10.1. The first-order valence-electron chi connectivity index (χ1n) is 3.55. The highest BCUT2D eigenvalue weighted by Crippen LogP contribution is 1.83. The number of rotatable bonds is 2. The molecular formula is C5H12BN3O. The lowest BCUT2D eigenvalue weighted by Crippen LogP contribution is -2.33. The van der Waals surface area contributed by atoms with E-state index in [1.807, 2.05) is 0 Å². The molecule has 1 aliphatic rings. The minimum atomic E-state index is 0.559. The molecule has 0 aromatic heterocycles. The number of nitrogens with zero attached hydrogens (tertiary/aromatic N) is 1. The lowest BCUT2D eigenvalue weighted by Gasteiger charge is -2.13. The predicted molar refractivity (Wildman–Crippen MR) is 41.5 cm³/mol. The molecule has 0 amide bonds. The molecule has 0 unspecified atom stereocenters. The van der Waals surface area contributed by atoms with Crippen molar-refractivity contribution in [3.63, 3.8) is 0 Å². The zero-order valence-electron chi connectivity index (χ0n) is 5.97. The van der Waals surface area contributed by atoms with Crippen molar-refractivity contribution in [1.29, 1.82) is 0 Å². The van der Waals surface area contributed by atoms with Gasteiger partial charge in [-0.3, -0.25) is 10.9 Å². The minimum absolute atomic E-state index is 0.559. The lowest BCUT2D eigenvalue weighted by atomic mass is 9.95. The molecule has 1 fully saturated rings. The van der Waals surface area contributed by atoms with Crippen LogP contribution in [0.25, 0.3) is 0 Å². The van der Waals surface area contributed by atoms with Crippen LogP contribution in [0.2, 0.25) is 0 Å². The SMILES string of the molecule is O=CBN1CCNNCC1. The molecule has 0 spiro atoms. The first-order valence-corrected chi connectivity index (χ1v) is 3.55. The smallest absolute Gasteiger partial charge is 0.281 e. The number of hydrazine groups is 1. The maximum Gasteiger partial charge on any atom is 0.281 e. The van der Waals surface area contributed by atoms with Gasteiger partial charge >= 0.3 is 0 Å². The van der Waals surface area contributed by atoms with Gasteiger partial charge in [-0.1, -0.05) is 0 Å². The zero-order valence-corrected chi connectivity index (χ0v) is 5.97. The molecule has 56 valence electrons. The Hall–Kier alpha value is -0.385. The summed E-state index contributed by atoms with van der Waals surface area (Å²) in [5.74, 6) is 0. The van der Waals surface area contributed by atoms with Gasteiger partial charge in [0, 0.05) is 26.2 Å². The molecule has 2 N–H and O–H groups in total. The molecule has 10 heavy (non-hydrogen) atoms. The highest BCUT2D eigenvalue weighted by atomic mass is 16.1. The van der Waals surface area contributed by atoms with E-state index in [0.717, 1.165) is 32.4 Å². The summed E-state index contributed by atoms with van der Waals surface area (Å²) in [5.41, 5.74) is 6.06. The molecule has 4 nitrogen and oxygen atoms in total. The summed E-state index contributed by atoms with van der Waals surface area (Å²) in [6.07, 6.45) is 0.950. The van der Waals surface area contributed by atoms with Crippen LogP contribution < -0.4 is 10.9 Å². The van der Waals surface area contributed by atoms with Crippen LogP contribution >= 0.6 is 0 Å². The molecule has 1 rings (SSSR count). The van der Waals surface area contributed by atoms with Crippen molar-refractivity contribution < 1.29 is 4.79 Å². The van der Waals surface area contributed by atoms with E-state index in [2.05, 4.69) is 15.7 Å². The molecule has 0 aromatic rings. The monoisotopic (exact) mass is 141 g/mol. The van der Waals surface area contributed by atoms with Gasteiger partial charge in [0.25, 0.3) is 7.41 Å². The van der Waals surface area contributed by atoms with Crippen molar-refractivity contribution in [2.24, 2.45) is 0 Å². The van der Waals surface area contributed by atoms with Crippen LogP contribution in [0.15, 0.2) is 0 Å². The van der Waals surface area contributed by atoms with E-state index in [4.69, 9.17) is 0 Å². The maximum absolute atomic E-state index is 10.1. The summed E-state index contributed by atoms with van der Waals surface area (Å²) in [4.78, 5) is 12.2. The van der Waals surface area contributed by atoms with Crippen molar-refractivity contribution in [3.05, 3.63) is 0 Å². The zero-order chi connectivity index (χ0) is 7.23. The minimum Gasteiger partial charge on any atom is -0.336 e. The van der Waals surface area contributed by atoms with Crippen LogP contribution in [0, 0.1) is 0 Å². The second kappa shape index (κ2) is 4.43. The van der Waals surface area contributed by atoms with Gasteiger partial charge in [0.05, 0.1) is 6.19 Å². The molecule has 5 heteroatoms. The average Bonchev–Trinajstić information content (AvgIpc) is 2.17. The first kappa shape index (κ1) is 7.72. The second-order valence-electron chi connectivity index (χ2n) is 2.32. The van der Waals surface area contributed by atoms with Gasteiger partial charge in [-0.15, -0.1) is 0 Å². The molecule has 0 saturated carbocycles. The fourth-order valence-corrected chi connectivity index (χ4v) is 1.00. The Kier molecular flexibility index (Phi) is 3.42. The molecule has 0 aromatic carbocycles. The lowest BCUT2D eigenvalue weighted by molar-refractivity contribution is 0.484. The van der Waals surface area contributed by atoms with E-state index >= 15 is 0 Å². The van der Waals surface area contributed by atoms with Crippen molar-refractivity contribution in [1.82, 2.24) is 15.7 Å². The molecular weight excluding hydrogens is 129 g/mol. The Morgan fingerprint density at radius 3 is 2.40 bits per heavy atom. The third-order valence-electron chi connectivity index (χ3n) is 1.56. The largest absolute Gasteiger partial charge is 0.336 e. The van der Waals surface area contributed by atoms with Crippen LogP contribution in [-0.4, -0.2) is 44.6 Å². The van der Waals surface area contributed by atoms with Crippen LogP contribution in [0.1, 0.15) is 0 Å². The summed E-state index contributed by atoms with van der Waals surface area (Å²) in [6, 6.07) is 0. The second-order valence-corrected chi connectivity index (χ2v) is 2.32. The third kappa shape index (κ3) is 2.47. The Bertz CT molecular complexity index is 103. The summed E-state index contributed by atoms with van der Waals surface area (Å²) >= 11 is 0. The van der Waals surface area contributed by atoms with Crippen molar-refractivity contribution in [2.45, 2.75) is 0 Å². The standard InChI is InChI=1S/C5H12BN3O/c10-5-6-9-3-1-7-8-2-4-9/h5-8H,1-4H2. The molecule has 0 aliphatic carbocycles. The van der Waals surface area contributed by atoms with E-state index in [-0.39, 0.29) is 0 Å². The van der Waals surface area contributed by atoms with E-state index in [1.165, 1.54) is 0 Å². The highest BCUT2D eigenvalue weighted by molar-refractivity contribution is 6.64. The van der Waals surface area contributed by atoms with Crippen LogP contribution in [0.5, 0.6) is 0 Å². The summed E-state index contributed by atoms with van der Waals surface area (Å²) in [6.45, 7) is 3.72. The first-order chi connectivity index (χ1) is 4.93. The van der Waals surface area contributed by atoms with Gasteiger partial charge in [0.15, 0.2) is 0 Å². The van der Waals surface area contributed by atoms with Gasteiger partial charge in [-0.25, -0.2) is 0 Å². The normalized spacial score (nSPS) is 21.6. The van der Waals surface area contributed by atoms with Crippen molar-refractivity contribution >= 4 is 13.6 Å². The van der Waals surface area contributed by atoms with Gasteiger partial charge in [-0.2, -0.15) is 0 Å². The summed E-state index contributed by atoms with van der Waals surface area (Å²) in [5, 5.41) is 0. The molecule has 0 bridgehead atoms. The number of hydrogen-bond donors (Lipinski definition) is 2. The van der Waals surface area contributed by atoms with E-state index in [1.54, 1.807) is 0 Å². The summed E-state index contributed by atoms with van der Waals surface area (Å²) in [7, 11) is 0.559. The molecule has 0 radical (unpaired) electrons. The van der Waals surface area contributed by atoms with Crippen molar-refractivity contribution in [3.8, 4) is 0 Å². The van der Waals surface area contributed by atoms with Crippen molar-refractivity contribution in [2.75, 3.05) is 26.2 Å². The topological polar surface area (TPSA) is 44.4 Å². The number of nitrogens with one attached hydrogen (secondary N) is 2. The quantitative estimate of drug-likeness (QED) is 0.342. The van der Waals surface area contributed by atoms with Crippen LogP contribution in [-0.2, 0) is 4.79 Å². The average molecular weight is 141 g/mol. The van der Waals surface area contributed by atoms with Gasteiger partial charge in [0.1, 0.15) is 0 Å². The summed E-state index contributed by atoms with van der Waals surface area (Å²) < 4.78 is 0. The molecule has 1 aliphatic heterocycles. The molecule has 1 saturated heterocycles. The van der Waals surface area contributed by atoms with E-state index < -0.39 is 0 Å². The van der Waals surface area contributed by atoms with Gasteiger partial charge in [0.2, 0.25) is 0 Å². The van der Waals surface area contributed by atoms with E-state index in [0.29, 0.717) is 7.41 Å². The Labute approximate surface area is 61.2 Å². The Balaban J connectivity index is 2.21. The number of carbonyl (C=O) groups is 1. The third-order valence-corrected chi connectivity index (χ3v) is 1.56. The fraction of sp³-hybridized carbons (Fsp3) is 0.800. The fourth-order valence-electron chi connectivity index (χ4n) is 1.00. The van der Waals surface area contributed by atoms with Gasteiger partial charge < -0.3 is 9.61 Å². The van der Waals surface area contributed by atoms with Crippen LogP contribution in [0.4, 0.5) is 0 Å².